The molecule has 2 aliphatic heterocycles. The molecule has 6 heteroatoms. The molecule has 6 nitrogen and oxygen atoms in total. The van der Waals surface area contributed by atoms with Crippen LogP contribution in [-0.4, -0.2) is 35.5 Å². The molecule has 1 aromatic rings. The molecule has 0 bridgehead atoms. The number of hydrogen-bond donors (Lipinski definition) is 2. The number of anilines is 1. The highest BCUT2D eigenvalue weighted by atomic mass is 16.4. The van der Waals surface area contributed by atoms with E-state index in [0.717, 1.165) is 0 Å². The van der Waals surface area contributed by atoms with Gasteiger partial charge in [0, 0.05) is 18.7 Å². The largest absolute Gasteiger partial charge is 0.481 e. The molecule has 0 aromatic heterocycles. The van der Waals surface area contributed by atoms with Crippen molar-refractivity contribution in [3.05, 3.63) is 29.8 Å². The molecule has 2 atom stereocenters. The summed E-state index contributed by atoms with van der Waals surface area (Å²) in [6.07, 6.45) is 1.25. The number of aliphatic carboxylic acids is 1. The quantitative estimate of drug-likeness (QED) is 0.845. The van der Waals surface area contributed by atoms with Crippen molar-refractivity contribution in [2.24, 2.45) is 0 Å². The molecule has 0 aliphatic carbocycles. The summed E-state index contributed by atoms with van der Waals surface area (Å²) in [5.41, 5.74) is 1.30. The molecule has 0 spiro atoms. The lowest BCUT2D eigenvalue weighted by atomic mass is 9.89. The summed E-state index contributed by atoms with van der Waals surface area (Å²) >= 11 is 0. The van der Waals surface area contributed by atoms with Crippen LogP contribution < -0.4 is 10.2 Å². The number of carboxylic acids is 1. The van der Waals surface area contributed by atoms with Crippen molar-refractivity contribution in [3.63, 3.8) is 0 Å². The van der Waals surface area contributed by atoms with Crippen molar-refractivity contribution >= 4 is 23.5 Å². The predicted octanol–water partition coefficient (Wildman–Crippen LogP) is 0.870. The van der Waals surface area contributed by atoms with Crippen molar-refractivity contribution < 1.29 is 19.5 Å². The van der Waals surface area contributed by atoms with E-state index in [9.17, 15) is 19.5 Å². The van der Waals surface area contributed by atoms with Gasteiger partial charge in [-0.3, -0.25) is 14.4 Å². The Morgan fingerprint density at radius 1 is 1.24 bits per heavy atom. The van der Waals surface area contributed by atoms with Crippen LogP contribution in [0.3, 0.4) is 0 Å². The maximum atomic E-state index is 12.5. The van der Waals surface area contributed by atoms with Gasteiger partial charge in [-0.05, 0) is 24.5 Å². The van der Waals surface area contributed by atoms with Crippen LogP contribution in [0.2, 0.25) is 0 Å². The van der Waals surface area contributed by atoms with Crippen molar-refractivity contribution in [1.82, 2.24) is 5.32 Å². The van der Waals surface area contributed by atoms with Gasteiger partial charge in [-0.15, -0.1) is 0 Å². The number of hydrogen-bond acceptors (Lipinski definition) is 3. The highest BCUT2D eigenvalue weighted by Crippen LogP contribution is 2.36. The number of fused-ring (bicyclic) bond motifs is 1. The third kappa shape index (κ3) is 2.37. The average Bonchev–Trinajstić information content (AvgIpc) is 2.91. The number of nitrogens with one attached hydrogen (secondary N) is 1. The van der Waals surface area contributed by atoms with Crippen molar-refractivity contribution in [2.45, 2.75) is 31.2 Å². The average molecular weight is 288 g/mol. The zero-order valence-corrected chi connectivity index (χ0v) is 11.4. The smallest absolute Gasteiger partial charge is 0.311 e. The van der Waals surface area contributed by atoms with Crippen LogP contribution in [0.15, 0.2) is 24.3 Å². The van der Waals surface area contributed by atoms with Crippen LogP contribution in [0, 0.1) is 0 Å². The Morgan fingerprint density at radius 3 is 2.67 bits per heavy atom. The van der Waals surface area contributed by atoms with Gasteiger partial charge < -0.3 is 15.3 Å². The Labute approximate surface area is 121 Å². The third-order valence-electron chi connectivity index (χ3n) is 4.10. The number of benzene rings is 1. The van der Waals surface area contributed by atoms with Crippen LogP contribution in [0.5, 0.6) is 0 Å². The Balaban J connectivity index is 1.90. The first-order chi connectivity index (χ1) is 10.1. The van der Waals surface area contributed by atoms with Crippen molar-refractivity contribution in [3.8, 4) is 0 Å². The Hall–Kier alpha value is -2.37. The molecule has 21 heavy (non-hydrogen) atoms. The Bertz CT molecular complexity index is 613. The van der Waals surface area contributed by atoms with E-state index in [0.29, 0.717) is 37.1 Å². The third-order valence-corrected chi connectivity index (χ3v) is 4.10. The summed E-state index contributed by atoms with van der Waals surface area (Å²) in [4.78, 5) is 36.8. The highest BCUT2D eigenvalue weighted by molar-refractivity contribution is 6.02. The van der Waals surface area contributed by atoms with Gasteiger partial charge in [-0.25, -0.2) is 0 Å². The van der Waals surface area contributed by atoms with Gasteiger partial charge in [0.1, 0.15) is 6.04 Å². The first-order valence-electron chi connectivity index (χ1n) is 7.00. The van der Waals surface area contributed by atoms with E-state index in [4.69, 9.17) is 0 Å². The first-order valence-corrected chi connectivity index (χ1v) is 7.00. The van der Waals surface area contributed by atoms with Gasteiger partial charge >= 0.3 is 5.97 Å². The molecule has 2 N–H and O–H groups in total. The van der Waals surface area contributed by atoms with E-state index < -0.39 is 17.9 Å². The van der Waals surface area contributed by atoms with E-state index in [2.05, 4.69) is 5.32 Å². The summed E-state index contributed by atoms with van der Waals surface area (Å²) in [7, 11) is 0. The summed E-state index contributed by atoms with van der Waals surface area (Å²) in [5, 5.41) is 12.0. The fraction of sp³-hybridized carbons (Fsp3) is 0.400. The summed E-state index contributed by atoms with van der Waals surface area (Å²) in [6, 6.07) is 6.59. The number of para-hydroxylation sites is 1. The molecule has 0 radical (unpaired) electrons. The van der Waals surface area contributed by atoms with E-state index in [1.54, 1.807) is 29.2 Å². The Morgan fingerprint density at radius 2 is 2.00 bits per heavy atom. The summed E-state index contributed by atoms with van der Waals surface area (Å²) < 4.78 is 0. The van der Waals surface area contributed by atoms with Gasteiger partial charge in [0.05, 0.1) is 5.92 Å². The molecule has 1 saturated heterocycles. The van der Waals surface area contributed by atoms with Crippen LogP contribution in [0.25, 0.3) is 0 Å². The normalized spacial score (nSPS) is 24.4. The van der Waals surface area contributed by atoms with Gasteiger partial charge in [-0.2, -0.15) is 0 Å². The fourth-order valence-electron chi connectivity index (χ4n) is 3.03. The predicted molar refractivity (Wildman–Crippen MR) is 75.0 cm³/mol. The molecule has 110 valence electrons. The topological polar surface area (TPSA) is 86.7 Å². The van der Waals surface area contributed by atoms with Gasteiger partial charge in [0.15, 0.2) is 0 Å². The number of carbonyl (C=O) groups excluding carboxylic acids is 2. The van der Waals surface area contributed by atoms with Gasteiger partial charge in [0.2, 0.25) is 11.8 Å². The van der Waals surface area contributed by atoms with Gasteiger partial charge in [0.25, 0.3) is 0 Å². The second-order valence-electron chi connectivity index (χ2n) is 5.39. The van der Waals surface area contributed by atoms with E-state index in [-0.39, 0.29) is 11.8 Å². The molecule has 1 aromatic carbocycles. The van der Waals surface area contributed by atoms with E-state index >= 15 is 0 Å². The molecule has 1 fully saturated rings. The van der Waals surface area contributed by atoms with Crippen molar-refractivity contribution in [1.29, 1.82) is 0 Å². The molecular formula is C15H16N2O4. The minimum atomic E-state index is -0.872. The minimum absolute atomic E-state index is 0.109. The monoisotopic (exact) mass is 288 g/mol. The highest BCUT2D eigenvalue weighted by Gasteiger charge is 2.36. The SMILES string of the molecule is O=C1CC[C@@H](C(=O)N2CCC(C(=O)O)c3ccccc32)N1. The van der Waals surface area contributed by atoms with Crippen LogP contribution in [0.4, 0.5) is 5.69 Å². The summed E-state index contributed by atoms with van der Waals surface area (Å²) in [5.74, 6) is -1.72. The fourth-order valence-corrected chi connectivity index (χ4v) is 3.03. The second kappa shape index (κ2) is 5.20. The zero-order chi connectivity index (χ0) is 15.0. The van der Waals surface area contributed by atoms with E-state index in [1.807, 2.05) is 0 Å². The van der Waals surface area contributed by atoms with Crippen LogP contribution >= 0.6 is 0 Å². The maximum absolute atomic E-state index is 12.5. The molecule has 3 rings (SSSR count). The molecule has 1 unspecified atom stereocenters. The number of carboxylic acid groups (broad SMARTS) is 1. The standard InChI is InChI=1S/C15H16N2O4/c18-13-6-5-11(16-13)14(19)17-8-7-10(15(20)21)9-3-1-2-4-12(9)17/h1-4,10-11H,5-8H2,(H,16,18)(H,20,21)/t10?,11-/m0/s1. The minimum Gasteiger partial charge on any atom is -0.481 e. The molecule has 2 aliphatic rings. The lowest BCUT2D eigenvalue weighted by Gasteiger charge is -2.34. The Kier molecular flexibility index (Phi) is 3.37. The number of carbonyl (C=O) groups is 3. The lowest BCUT2D eigenvalue weighted by molar-refractivity contribution is -0.139. The number of amides is 2. The van der Waals surface area contributed by atoms with E-state index in [1.165, 1.54) is 0 Å². The maximum Gasteiger partial charge on any atom is 0.311 e. The van der Waals surface area contributed by atoms with Crippen LogP contribution in [0.1, 0.15) is 30.7 Å². The number of rotatable bonds is 2. The zero-order valence-electron chi connectivity index (χ0n) is 11.4. The molecule has 0 saturated carbocycles. The van der Waals surface area contributed by atoms with Crippen molar-refractivity contribution in [2.75, 3.05) is 11.4 Å². The lowest BCUT2D eigenvalue weighted by Crippen LogP contribution is -2.47. The second-order valence-corrected chi connectivity index (χ2v) is 5.39. The number of nitrogens with zero attached hydrogens (tertiary/aromatic N) is 1. The molecule has 2 heterocycles. The molecular weight excluding hydrogens is 272 g/mol. The van der Waals surface area contributed by atoms with Crippen LogP contribution in [-0.2, 0) is 14.4 Å². The summed E-state index contributed by atoms with van der Waals surface area (Å²) in [6.45, 7) is 0.360. The first kappa shape index (κ1) is 13.6. The molecule has 2 amide bonds. The van der Waals surface area contributed by atoms with Gasteiger partial charge in [-0.1, -0.05) is 18.2 Å².